The molecule has 1 aromatic rings. The first-order chi connectivity index (χ1) is 8.56. The van der Waals surface area contributed by atoms with Crippen LogP contribution in [0.2, 0.25) is 0 Å². The number of hydrogen-bond acceptors (Lipinski definition) is 4. The Hall–Kier alpha value is -1.78. The van der Waals surface area contributed by atoms with E-state index in [1.807, 2.05) is 13.0 Å². The van der Waals surface area contributed by atoms with Crippen molar-refractivity contribution >= 4 is 17.4 Å². The molecule has 1 saturated heterocycles. The number of nitrogens with two attached hydrogens (primary N) is 2. The molecule has 4 N–H and O–H groups in total. The summed E-state index contributed by atoms with van der Waals surface area (Å²) >= 11 is 0. The summed E-state index contributed by atoms with van der Waals surface area (Å²) in [6.07, 6.45) is 4.20. The van der Waals surface area contributed by atoms with E-state index in [4.69, 9.17) is 11.5 Å². The standard InChI is InChI=1S/C13H20N4O/c1-9-6-13(16-8-11(9)14)17-4-2-10(3-5-17)7-12(15)18/h6,8,10H,2-5,7,14H2,1H3,(H2,15,18). The van der Waals surface area contributed by atoms with Gasteiger partial charge in [0, 0.05) is 19.5 Å². The number of nitrogen functional groups attached to an aromatic ring is 1. The maximum atomic E-state index is 10.9. The smallest absolute Gasteiger partial charge is 0.217 e. The molecule has 18 heavy (non-hydrogen) atoms. The van der Waals surface area contributed by atoms with Gasteiger partial charge in [-0.05, 0) is 37.3 Å². The summed E-state index contributed by atoms with van der Waals surface area (Å²) in [5.74, 6) is 1.20. The van der Waals surface area contributed by atoms with Crippen LogP contribution in [0.1, 0.15) is 24.8 Å². The van der Waals surface area contributed by atoms with Crippen molar-refractivity contribution in [2.24, 2.45) is 11.7 Å². The average Bonchev–Trinajstić information content (AvgIpc) is 2.33. The molecular weight excluding hydrogens is 228 g/mol. The molecule has 1 aliphatic rings. The molecule has 0 spiro atoms. The highest BCUT2D eigenvalue weighted by atomic mass is 16.1. The van der Waals surface area contributed by atoms with E-state index in [2.05, 4.69) is 9.88 Å². The molecule has 0 saturated carbocycles. The number of anilines is 2. The molecule has 1 amide bonds. The van der Waals surface area contributed by atoms with Crippen molar-refractivity contribution in [1.82, 2.24) is 4.98 Å². The van der Waals surface area contributed by atoms with E-state index in [9.17, 15) is 4.79 Å². The molecule has 5 nitrogen and oxygen atoms in total. The number of pyridine rings is 1. The van der Waals surface area contributed by atoms with Crippen LogP contribution in [-0.2, 0) is 4.79 Å². The molecular formula is C13H20N4O. The van der Waals surface area contributed by atoms with Crippen LogP contribution in [0.4, 0.5) is 11.5 Å². The Morgan fingerprint density at radius 3 is 2.72 bits per heavy atom. The van der Waals surface area contributed by atoms with Crippen LogP contribution >= 0.6 is 0 Å². The number of amides is 1. The van der Waals surface area contributed by atoms with Gasteiger partial charge in [-0.3, -0.25) is 4.79 Å². The second-order valence-electron chi connectivity index (χ2n) is 5.00. The quantitative estimate of drug-likeness (QED) is 0.837. The lowest BCUT2D eigenvalue weighted by atomic mass is 9.93. The molecule has 5 heteroatoms. The highest BCUT2D eigenvalue weighted by molar-refractivity contribution is 5.74. The topological polar surface area (TPSA) is 85.2 Å². The van der Waals surface area contributed by atoms with Crippen LogP contribution in [0, 0.1) is 12.8 Å². The molecule has 0 bridgehead atoms. The Bertz CT molecular complexity index is 439. The van der Waals surface area contributed by atoms with Gasteiger partial charge in [0.15, 0.2) is 0 Å². The third kappa shape index (κ3) is 2.91. The average molecular weight is 248 g/mol. The summed E-state index contributed by atoms with van der Waals surface area (Å²) in [7, 11) is 0. The highest BCUT2D eigenvalue weighted by Gasteiger charge is 2.21. The van der Waals surface area contributed by atoms with E-state index in [0.29, 0.717) is 12.3 Å². The number of aryl methyl sites for hydroxylation is 1. The molecule has 0 atom stereocenters. The minimum atomic E-state index is -0.199. The predicted octanol–water partition coefficient (Wildman–Crippen LogP) is 1.06. The molecule has 2 heterocycles. The van der Waals surface area contributed by atoms with E-state index in [1.165, 1.54) is 0 Å². The van der Waals surface area contributed by atoms with Gasteiger partial charge in [-0.2, -0.15) is 0 Å². The van der Waals surface area contributed by atoms with Gasteiger partial charge in [0.2, 0.25) is 5.91 Å². The lowest BCUT2D eigenvalue weighted by Gasteiger charge is -2.32. The van der Waals surface area contributed by atoms with E-state index >= 15 is 0 Å². The van der Waals surface area contributed by atoms with Crippen molar-refractivity contribution in [2.45, 2.75) is 26.2 Å². The van der Waals surface area contributed by atoms with E-state index in [1.54, 1.807) is 6.20 Å². The van der Waals surface area contributed by atoms with Crippen molar-refractivity contribution < 1.29 is 4.79 Å². The zero-order valence-corrected chi connectivity index (χ0v) is 10.7. The number of carbonyl (C=O) groups is 1. The van der Waals surface area contributed by atoms with Crippen molar-refractivity contribution in [1.29, 1.82) is 0 Å². The summed E-state index contributed by atoms with van der Waals surface area (Å²) in [6.45, 7) is 3.84. The summed E-state index contributed by atoms with van der Waals surface area (Å²) in [4.78, 5) is 17.5. The summed E-state index contributed by atoms with van der Waals surface area (Å²) in [6, 6.07) is 2.02. The highest BCUT2D eigenvalue weighted by Crippen LogP contribution is 2.25. The van der Waals surface area contributed by atoms with Crippen LogP contribution in [-0.4, -0.2) is 24.0 Å². The van der Waals surface area contributed by atoms with Gasteiger partial charge in [0.05, 0.1) is 11.9 Å². The molecule has 0 aliphatic carbocycles. The maximum absolute atomic E-state index is 10.9. The fraction of sp³-hybridized carbons (Fsp3) is 0.538. The minimum absolute atomic E-state index is 0.199. The Morgan fingerprint density at radius 1 is 1.50 bits per heavy atom. The number of piperidine rings is 1. The summed E-state index contributed by atoms with van der Waals surface area (Å²) in [5.41, 5.74) is 12.8. The lowest BCUT2D eigenvalue weighted by Crippen LogP contribution is -2.35. The Balaban J connectivity index is 1.96. The number of nitrogens with zero attached hydrogens (tertiary/aromatic N) is 2. The number of aromatic nitrogens is 1. The van der Waals surface area contributed by atoms with E-state index in [0.717, 1.165) is 43.0 Å². The first-order valence-corrected chi connectivity index (χ1v) is 6.31. The molecule has 1 fully saturated rings. The van der Waals surface area contributed by atoms with Crippen LogP contribution < -0.4 is 16.4 Å². The van der Waals surface area contributed by atoms with Crippen molar-refractivity contribution in [3.8, 4) is 0 Å². The lowest BCUT2D eigenvalue weighted by molar-refractivity contribution is -0.119. The fourth-order valence-corrected chi connectivity index (χ4v) is 2.38. The molecule has 2 rings (SSSR count). The molecule has 1 aromatic heterocycles. The van der Waals surface area contributed by atoms with Gasteiger partial charge >= 0.3 is 0 Å². The first-order valence-electron chi connectivity index (χ1n) is 6.31. The predicted molar refractivity (Wildman–Crippen MR) is 72.1 cm³/mol. The SMILES string of the molecule is Cc1cc(N2CCC(CC(N)=O)CC2)ncc1N. The Labute approximate surface area is 107 Å². The van der Waals surface area contributed by atoms with Crippen LogP contribution in [0.3, 0.4) is 0 Å². The minimum Gasteiger partial charge on any atom is -0.397 e. The number of carbonyl (C=O) groups excluding carboxylic acids is 1. The van der Waals surface area contributed by atoms with Gasteiger partial charge in [-0.25, -0.2) is 4.98 Å². The molecule has 0 unspecified atom stereocenters. The number of primary amides is 1. The number of hydrogen-bond donors (Lipinski definition) is 2. The summed E-state index contributed by atoms with van der Waals surface area (Å²) in [5, 5.41) is 0. The van der Waals surface area contributed by atoms with Gasteiger partial charge in [0.25, 0.3) is 0 Å². The normalized spacial score (nSPS) is 16.8. The zero-order valence-electron chi connectivity index (χ0n) is 10.7. The fourth-order valence-electron chi connectivity index (χ4n) is 2.38. The third-order valence-corrected chi connectivity index (χ3v) is 3.57. The first kappa shape index (κ1) is 12.7. The van der Waals surface area contributed by atoms with Gasteiger partial charge < -0.3 is 16.4 Å². The molecule has 0 radical (unpaired) electrons. The summed E-state index contributed by atoms with van der Waals surface area (Å²) < 4.78 is 0. The molecule has 98 valence electrons. The van der Waals surface area contributed by atoms with Crippen LogP contribution in [0.25, 0.3) is 0 Å². The van der Waals surface area contributed by atoms with Crippen LogP contribution in [0.5, 0.6) is 0 Å². The largest absolute Gasteiger partial charge is 0.397 e. The maximum Gasteiger partial charge on any atom is 0.217 e. The van der Waals surface area contributed by atoms with Crippen molar-refractivity contribution in [3.63, 3.8) is 0 Å². The van der Waals surface area contributed by atoms with E-state index < -0.39 is 0 Å². The van der Waals surface area contributed by atoms with Crippen molar-refractivity contribution in [3.05, 3.63) is 17.8 Å². The molecule has 0 aromatic carbocycles. The van der Waals surface area contributed by atoms with Gasteiger partial charge in [-0.15, -0.1) is 0 Å². The van der Waals surface area contributed by atoms with Gasteiger partial charge in [0.1, 0.15) is 5.82 Å². The van der Waals surface area contributed by atoms with Crippen molar-refractivity contribution in [2.75, 3.05) is 23.7 Å². The van der Waals surface area contributed by atoms with E-state index in [-0.39, 0.29) is 5.91 Å². The third-order valence-electron chi connectivity index (χ3n) is 3.57. The number of rotatable bonds is 3. The second kappa shape index (κ2) is 5.25. The van der Waals surface area contributed by atoms with Gasteiger partial charge in [-0.1, -0.05) is 0 Å². The van der Waals surface area contributed by atoms with Crippen LogP contribution in [0.15, 0.2) is 12.3 Å². The Kier molecular flexibility index (Phi) is 3.69. The Morgan fingerprint density at radius 2 is 2.17 bits per heavy atom. The monoisotopic (exact) mass is 248 g/mol. The molecule has 1 aliphatic heterocycles. The second-order valence-corrected chi connectivity index (χ2v) is 5.00. The zero-order chi connectivity index (χ0) is 13.1.